The first kappa shape index (κ1) is 25.1. The van der Waals surface area contributed by atoms with Crippen molar-refractivity contribution in [2.45, 2.75) is 6.92 Å². The molecule has 0 spiro atoms. The first-order chi connectivity index (χ1) is 18.5. The van der Waals surface area contributed by atoms with Gasteiger partial charge in [0.15, 0.2) is 0 Å². The summed E-state index contributed by atoms with van der Waals surface area (Å²) in [5.74, 6) is 1.43. The van der Waals surface area contributed by atoms with Crippen molar-refractivity contribution in [1.29, 1.82) is 0 Å². The summed E-state index contributed by atoms with van der Waals surface area (Å²) < 4.78 is 5.52. The van der Waals surface area contributed by atoms with E-state index in [1.54, 1.807) is 7.11 Å². The molecule has 2 aromatic heterocycles. The van der Waals surface area contributed by atoms with E-state index in [2.05, 4.69) is 25.2 Å². The Morgan fingerprint density at radius 1 is 1.05 bits per heavy atom. The van der Waals surface area contributed by atoms with E-state index in [1.807, 2.05) is 70.6 Å². The van der Waals surface area contributed by atoms with Gasteiger partial charge in [0.25, 0.3) is 5.91 Å². The van der Waals surface area contributed by atoms with Crippen LogP contribution in [0.1, 0.15) is 17.3 Å². The molecule has 2 N–H and O–H groups in total. The Hall–Kier alpha value is -4.60. The van der Waals surface area contributed by atoms with Crippen molar-refractivity contribution in [3.05, 3.63) is 72.7 Å². The summed E-state index contributed by atoms with van der Waals surface area (Å²) in [6.45, 7) is 5.07. The van der Waals surface area contributed by atoms with Crippen LogP contribution in [0.3, 0.4) is 0 Å². The average Bonchev–Trinajstić information content (AvgIpc) is 3.44. The number of methoxy groups -OCH3 is 1. The van der Waals surface area contributed by atoms with Crippen LogP contribution in [0.15, 0.2) is 67.1 Å². The molecular weight excluding hydrogens is 482 g/mol. The van der Waals surface area contributed by atoms with Crippen molar-refractivity contribution in [3.63, 3.8) is 0 Å². The van der Waals surface area contributed by atoms with Crippen LogP contribution >= 0.6 is 0 Å². The molecule has 196 valence electrons. The van der Waals surface area contributed by atoms with Gasteiger partial charge in [0.1, 0.15) is 23.5 Å². The lowest BCUT2D eigenvalue weighted by atomic mass is 10.1. The third-order valence-corrected chi connectivity index (χ3v) is 6.70. The molecule has 10 nitrogen and oxygen atoms in total. The van der Waals surface area contributed by atoms with E-state index in [0.717, 1.165) is 41.2 Å². The number of hydrogen-bond donors (Lipinski definition) is 2. The zero-order valence-electron chi connectivity index (χ0n) is 21.6. The van der Waals surface area contributed by atoms with Gasteiger partial charge < -0.3 is 29.7 Å². The van der Waals surface area contributed by atoms with E-state index >= 15 is 0 Å². The molecule has 4 aromatic rings. The van der Waals surface area contributed by atoms with Gasteiger partial charge in [-0.15, -0.1) is 0 Å². The lowest BCUT2D eigenvalue weighted by Gasteiger charge is -2.36. The minimum Gasteiger partial charge on any atom is -0.495 e. The highest BCUT2D eigenvalue weighted by atomic mass is 16.5. The van der Waals surface area contributed by atoms with Crippen LogP contribution in [0.25, 0.3) is 11.0 Å². The Labute approximate surface area is 221 Å². The Morgan fingerprint density at radius 3 is 2.66 bits per heavy atom. The van der Waals surface area contributed by atoms with Gasteiger partial charge in [-0.25, -0.2) is 9.97 Å². The minimum absolute atomic E-state index is 0.0113. The summed E-state index contributed by atoms with van der Waals surface area (Å²) in [5, 5.41) is 3.71. The number of anilines is 3. The number of aromatic amines is 1. The van der Waals surface area contributed by atoms with Gasteiger partial charge in [0.2, 0.25) is 5.91 Å². The minimum atomic E-state index is -0.101. The van der Waals surface area contributed by atoms with Crippen LogP contribution in [-0.4, -0.2) is 78.0 Å². The number of rotatable bonds is 8. The SMILES string of the molecule is COc1ccccc1N1CCN(C(=O)c2cccc(N(CCNC(C)=O)c3ncnc4[nH]ccc34)c2)CC1. The molecule has 1 aliphatic heterocycles. The fourth-order valence-electron chi connectivity index (χ4n) is 4.81. The summed E-state index contributed by atoms with van der Waals surface area (Å²) in [6, 6.07) is 17.4. The number of nitrogens with zero attached hydrogens (tertiary/aromatic N) is 5. The number of piperazine rings is 1. The van der Waals surface area contributed by atoms with E-state index < -0.39 is 0 Å². The summed E-state index contributed by atoms with van der Waals surface area (Å²) in [6.07, 6.45) is 3.33. The third-order valence-electron chi connectivity index (χ3n) is 6.70. The fourth-order valence-corrected chi connectivity index (χ4v) is 4.81. The largest absolute Gasteiger partial charge is 0.495 e. The average molecular weight is 514 g/mol. The molecule has 38 heavy (non-hydrogen) atoms. The van der Waals surface area contributed by atoms with Crippen molar-refractivity contribution in [2.75, 3.05) is 56.2 Å². The lowest BCUT2D eigenvalue weighted by molar-refractivity contribution is -0.118. The predicted molar refractivity (Wildman–Crippen MR) is 147 cm³/mol. The predicted octanol–water partition coefficient (Wildman–Crippen LogP) is 3.20. The number of nitrogens with one attached hydrogen (secondary N) is 2. The second kappa shape index (κ2) is 11.2. The smallest absolute Gasteiger partial charge is 0.254 e. The van der Waals surface area contributed by atoms with E-state index in [4.69, 9.17) is 4.74 Å². The van der Waals surface area contributed by atoms with Gasteiger partial charge >= 0.3 is 0 Å². The van der Waals surface area contributed by atoms with Crippen LogP contribution in [0.4, 0.5) is 17.2 Å². The highest BCUT2D eigenvalue weighted by molar-refractivity contribution is 5.96. The number of benzene rings is 2. The molecule has 2 aromatic carbocycles. The Bertz CT molecular complexity index is 1430. The van der Waals surface area contributed by atoms with E-state index in [0.29, 0.717) is 37.6 Å². The highest BCUT2D eigenvalue weighted by Crippen LogP contribution is 2.31. The zero-order chi connectivity index (χ0) is 26.5. The molecule has 0 unspecified atom stereocenters. The van der Waals surface area contributed by atoms with Crippen LogP contribution in [0.2, 0.25) is 0 Å². The Kier molecular flexibility index (Phi) is 7.39. The summed E-state index contributed by atoms with van der Waals surface area (Å²) in [4.78, 5) is 43.1. The normalized spacial score (nSPS) is 13.4. The number of para-hydroxylation sites is 2. The third kappa shape index (κ3) is 5.24. The topological polar surface area (TPSA) is 107 Å². The molecule has 1 aliphatic rings. The van der Waals surface area contributed by atoms with Gasteiger partial charge in [-0.3, -0.25) is 9.59 Å². The summed E-state index contributed by atoms with van der Waals surface area (Å²) >= 11 is 0. The number of carbonyl (C=O) groups excluding carboxylic acids is 2. The molecular formula is C28H31N7O3. The van der Waals surface area contributed by atoms with Gasteiger partial charge in [-0.1, -0.05) is 18.2 Å². The second-order valence-electron chi connectivity index (χ2n) is 9.07. The summed E-state index contributed by atoms with van der Waals surface area (Å²) in [7, 11) is 1.67. The molecule has 0 saturated carbocycles. The number of amides is 2. The monoisotopic (exact) mass is 513 g/mol. The molecule has 0 radical (unpaired) electrons. The number of H-pyrrole nitrogens is 1. The van der Waals surface area contributed by atoms with Gasteiger partial charge in [-0.2, -0.15) is 0 Å². The van der Waals surface area contributed by atoms with Crippen molar-refractivity contribution in [2.24, 2.45) is 0 Å². The van der Waals surface area contributed by atoms with E-state index in [9.17, 15) is 9.59 Å². The van der Waals surface area contributed by atoms with E-state index in [-0.39, 0.29) is 11.8 Å². The molecule has 0 bridgehead atoms. The van der Waals surface area contributed by atoms with Crippen LogP contribution < -0.4 is 19.9 Å². The molecule has 0 atom stereocenters. The van der Waals surface area contributed by atoms with Crippen LogP contribution in [-0.2, 0) is 4.79 Å². The lowest BCUT2D eigenvalue weighted by Crippen LogP contribution is -2.48. The first-order valence-electron chi connectivity index (χ1n) is 12.6. The molecule has 0 aliphatic carbocycles. The molecule has 5 rings (SSSR count). The van der Waals surface area contributed by atoms with Crippen LogP contribution in [0, 0.1) is 0 Å². The number of aromatic nitrogens is 3. The first-order valence-corrected chi connectivity index (χ1v) is 12.6. The molecule has 3 heterocycles. The molecule has 1 fully saturated rings. The molecule has 10 heteroatoms. The molecule has 2 amide bonds. The van der Waals surface area contributed by atoms with Crippen LogP contribution in [0.5, 0.6) is 5.75 Å². The molecule has 1 saturated heterocycles. The number of fused-ring (bicyclic) bond motifs is 1. The highest BCUT2D eigenvalue weighted by Gasteiger charge is 2.25. The van der Waals surface area contributed by atoms with Crippen molar-refractivity contribution in [1.82, 2.24) is 25.2 Å². The van der Waals surface area contributed by atoms with Crippen molar-refractivity contribution < 1.29 is 14.3 Å². The maximum absolute atomic E-state index is 13.5. The maximum atomic E-state index is 13.5. The zero-order valence-corrected chi connectivity index (χ0v) is 21.6. The number of ether oxygens (including phenoxy) is 1. The van der Waals surface area contributed by atoms with E-state index in [1.165, 1.54) is 13.3 Å². The standard InChI is InChI=1S/C28H31N7O3/c1-20(36)29-12-13-35(27-23-10-11-30-26(23)31-19-32-27)22-7-5-6-21(18-22)28(37)34-16-14-33(15-17-34)24-8-3-4-9-25(24)38-2/h3-11,18-19H,12-17H2,1-2H3,(H,29,36)(H,30,31,32). The maximum Gasteiger partial charge on any atom is 0.254 e. The van der Waals surface area contributed by atoms with Crippen molar-refractivity contribution in [3.8, 4) is 5.75 Å². The van der Waals surface area contributed by atoms with Gasteiger partial charge in [-0.05, 0) is 36.4 Å². The number of carbonyl (C=O) groups is 2. The second-order valence-corrected chi connectivity index (χ2v) is 9.07. The quantitative estimate of drug-likeness (QED) is 0.373. The fraction of sp³-hybridized carbons (Fsp3) is 0.286. The van der Waals surface area contributed by atoms with Gasteiger partial charge in [0.05, 0.1) is 18.2 Å². The summed E-state index contributed by atoms with van der Waals surface area (Å²) in [5.41, 5.74) is 3.19. The Balaban J connectivity index is 1.36. The Morgan fingerprint density at radius 2 is 1.87 bits per heavy atom. The van der Waals surface area contributed by atoms with Gasteiger partial charge in [0, 0.05) is 63.6 Å². The number of hydrogen-bond acceptors (Lipinski definition) is 7. The van der Waals surface area contributed by atoms with Crippen molar-refractivity contribution >= 4 is 40.0 Å².